The third-order valence-corrected chi connectivity index (χ3v) is 3.68. The molecule has 2 nitrogen and oxygen atoms in total. The van der Waals surface area contributed by atoms with Crippen molar-refractivity contribution in [1.82, 2.24) is 5.32 Å². The zero-order chi connectivity index (χ0) is 15.0. The molecule has 21 heavy (non-hydrogen) atoms. The highest BCUT2D eigenvalue weighted by molar-refractivity contribution is 5.49. The first-order valence-corrected chi connectivity index (χ1v) is 6.68. The van der Waals surface area contributed by atoms with Crippen LogP contribution in [0.2, 0.25) is 0 Å². The van der Waals surface area contributed by atoms with Gasteiger partial charge in [0.2, 0.25) is 0 Å². The van der Waals surface area contributed by atoms with Gasteiger partial charge in [0.15, 0.2) is 0 Å². The zero-order valence-electron chi connectivity index (χ0n) is 11.4. The van der Waals surface area contributed by atoms with E-state index in [1.807, 2.05) is 12.1 Å². The van der Waals surface area contributed by atoms with Crippen molar-refractivity contribution in [1.29, 1.82) is 0 Å². The molecule has 5 heteroatoms. The van der Waals surface area contributed by atoms with Crippen LogP contribution in [0.5, 0.6) is 5.75 Å². The summed E-state index contributed by atoms with van der Waals surface area (Å²) >= 11 is 0. The monoisotopic (exact) mass is 293 g/mol. The summed E-state index contributed by atoms with van der Waals surface area (Å²) in [5, 5.41) is 2.88. The van der Waals surface area contributed by atoms with E-state index in [9.17, 15) is 13.2 Å². The Morgan fingerprint density at radius 3 is 2.52 bits per heavy atom. The fourth-order valence-electron chi connectivity index (χ4n) is 2.75. The summed E-state index contributed by atoms with van der Waals surface area (Å²) in [6, 6.07) is 6.15. The Bertz CT molecular complexity index is 664. The van der Waals surface area contributed by atoms with Gasteiger partial charge in [-0.1, -0.05) is 18.2 Å². The lowest BCUT2D eigenvalue weighted by Gasteiger charge is -2.21. The van der Waals surface area contributed by atoms with E-state index >= 15 is 0 Å². The molecule has 1 heterocycles. The van der Waals surface area contributed by atoms with Crippen LogP contribution < -0.4 is 10.1 Å². The molecule has 0 aromatic heterocycles. The molecule has 0 bridgehead atoms. The Morgan fingerprint density at radius 1 is 1.14 bits per heavy atom. The van der Waals surface area contributed by atoms with Crippen molar-refractivity contribution in [3.05, 3.63) is 64.5 Å². The first-order valence-electron chi connectivity index (χ1n) is 6.68. The lowest BCUT2D eigenvalue weighted by atomic mass is 9.95. The second-order valence-corrected chi connectivity index (χ2v) is 4.94. The van der Waals surface area contributed by atoms with Gasteiger partial charge in [0.1, 0.15) is 23.2 Å². The summed E-state index contributed by atoms with van der Waals surface area (Å²) < 4.78 is 46.7. The largest absolute Gasteiger partial charge is 0.493 e. The Morgan fingerprint density at radius 2 is 1.86 bits per heavy atom. The van der Waals surface area contributed by atoms with Crippen molar-refractivity contribution in [2.24, 2.45) is 0 Å². The van der Waals surface area contributed by atoms with Crippen molar-refractivity contribution in [3.63, 3.8) is 0 Å². The van der Waals surface area contributed by atoms with Crippen LogP contribution in [0.15, 0.2) is 30.3 Å². The normalized spacial score (nSPS) is 14.7. The molecule has 0 fully saturated rings. The molecule has 0 aliphatic carbocycles. The van der Waals surface area contributed by atoms with E-state index in [0.717, 1.165) is 12.0 Å². The van der Waals surface area contributed by atoms with Gasteiger partial charge in [0.05, 0.1) is 12.6 Å². The molecule has 1 unspecified atom stereocenters. The maximum Gasteiger partial charge on any atom is 0.134 e. The SMILES string of the molecule is CNC(c1cccc2c1OCC2)c1c(F)cc(F)cc1F. The lowest BCUT2D eigenvalue weighted by molar-refractivity contribution is 0.350. The number of fused-ring (bicyclic) bond motifs is 1. The quantitative estimate of drug-likeness (QED) is 0.937. The first kappa shape index (κ1) is 13.9. The van der Waals surface area contributed by atoms with E-state index in [4.69, 9.17) is 4.74 Å². The highest BCUT2D eigenvalue weighted by Crippen LogP contribution is 2.37. The molecule has 1 aliphatic rings. The second-order valence-electron chi connectivity index (χ2n) is 4.94. The maximum atomic E-state index is 14.0. The molecule has 3 rings (SSSR count). The minimum Gasteiger partial charge on any atom is -0.493 e. The van der Waals surface area contributed by atoms with E-state index in [1.165, 1.54) is 0 Å². The van der Waals surface area contributed by atoms with Gasteiger partial charge in [-0.25, -0.2) is 13.2 Å². The van der Waals surface area contributed by atoms with Gasteiger partial charge in [-0.05, 0) is 12.6 Å². The molecule has 2 aromatic rings. The summed E-state index contributed by atoms with van der Waals surface area (Å²) in [7, 11) is 1.60. The molecule has 110 valence electrons. The average molecular weight is 293 g/mol. The average Bonchev–Trinajstić information content (AvgIpc) is 2.91. The van der Waals surface area contributed by atoms with Gasteiger partial charge in [-0.3, -0.25) is 0 Å². The molecule has 0 radical (unpaired) electrons. The molecule has 0 saturated heterocycles. The van der Waals surface area contributed by atoms with Crippen LogP contribution in [-0.4, -0.2) is 13.7 Å². The van der Waals surface area contributed by atoms with Crippen molar-refractivity contribution < 1.29 is 17.9 Å². The highest BCUT2D eigenvalue weighted by Gasteiger charge is 2.27. The smallest absolute Gasteiger partial charge is 0.134 e. The Kier molecular flexibility index (Phi) is 3.59. The molecule has 0 saturated carbocycles. The fourth-order valence-corrected chi connectivity index (χ4v) is 2.75. The Hall–Kier alpha value is -2.01. The van der Waals surface area contributed by atoms with Crippen LogP contribution in [0.25, 0.3) is 0 Å². The number of hydrogen-bond acceptors (Lipinski definition) is 2. The number of rotatable bonds is 3. The van der Waals surface area contributed by atoms with Gasteiger partial charge in [-0.2, -0.15) is 0 Å². The minimum atomic E-state index is -0.932. The third kappa shape index (κ3) is 2.38. The Balaban J connectivity index is 2.14. The van der Waals surface area contributed by atoms with Crippen molar-refractivity contribution in [3.8, 4) is 5.75 Å². The van der Waals surface area contributed by atoms with Crippen molar-refractivity contribution in [2.45, 2.75) is 12.5 Å². The standard InChI is InChI=1S/C16H14F3NO/c1-20-15(14-12(18)7-10(17)8-13(14)19)11-4-2-3-9-5-6-21-16(9)11/h2-4,7-8,15,20H,5-6H2,1H3. The van der Waals surface area contributed by atoms with Gasteiger partial charge < -0.3 is 10.1 Å². The summed E-state index contributed by atoms with van der Waals surface area (Å²) in [6.45, 7) is 0.553. The maximum absolute atomic E-state index is 14.0. The zero-order valence-corrected chi connectivity index (χ0v) is 11.4. The predicted octanol–water partition coefficient (Wildman–Crippen LogP) is 3.35. The molecule has 2 aromatic carbocycles. The number of halogens is 3. The van der Waals surface area contributed by atoms with E-state index < -0.39 is 23.5 Å². The summed E-state index contributed by atoms with van der Waals surface area (Å²) in [6.07, 6.45) is 0.772. The fraction of sp³-hybridized carbons (Fsp3) is 0.250. The van der Waals surface area contributed by atoms with Gasteiger partial charge in [0.25, 0.3) is 0 Å². The first-order chi connectivity index (χ1) is 10.1. The third-order valence-electron chi connectivity index (χ3n) is 3.68. The van der Waals surface area contributed by atoms with E-state index in [2.05, 4.69) is 5.32 Å². The topological polar surface area (TPSA) is 21.3 Å². The van der Waals surface area contributed by atoms with E-state index in [0.29, 0.717) is 30.1 Å². The van der Waals surface area contributed by atoms with Crippen LogP contribution in [0.1, 0.15) is 22.7 Å². The summed E-state index contributed by atoms with van der Waals surface area (Å²) in [5.41, 5.74) is 1.45. The molecule has 1 N–H and O–H groups in total. The number of hydrogen-bond donors (Lipinski definition) is 1. The molecule has 1 atom stereocenters. The van der Waals surface area contributed by atoms with E-state index in [-0.39, 0.29) is 5.56 Å². The molecule has 1 aliphatic heterocycles. The van der Waals surface area contributed by atoms with Gasteiger partial charge in [-0.15, -0.1) is 0 Å². The van der Waals surface area contributed by atoms with Gasteiger partial charge >= 0.3 is 0 Å². The highest BCUT2D eigenvalue weighted by atomic mass is 19.1. The van der Waals surface area contributed by atoms with Crippen LogP contribution in [0.3, 0.4) is 0 Å². The number of ether oxygens (including phenoxy) is 1. The summed E-state index contributed by atoms with van der Waals surface area (Å²) in [4.78, 5) is 0. The summed E-state index contributed by atoms with van der Waals surface area (Å²) in [5.74, 6) is -2.11. The number of para-hydroxylation sites is 1. The lowest BCUT2D eigenvalue weighted by Crippen LogP contribution is -2.21. The Labute approximate surface area is 120 Å². The van der Waals surface area contributed by atoms with Crippen LogP contribution in [-0.2, 0) is 6.42 Å². The van der Waals surface area contributed by atoms with Gasteiger partial charge in [0, 0.05) is 29.7 Å². The number of benzene rings is 2. The predicted molar refractivity (Wildman–Crippen MR) is 72.9 cm³/mol. The van der Waals surface area contributed by atoms with Crippen molar-refractivity contribution >= 4 is 0 Å². The minimum absolute atomic E-state index is 0.206. The molecule has 0 spiro atoms. The van der Waals surface area contributed by atoms with Crippen LogP contribution in [0.4, 0.5) is 13.2 Å². The van der Waals surface area contributed by atoms with Crippen molar-refractivity contribution in [2.75, 3.05) is 13.7 Å². The van der Waals surface area contributed by atoms with E-state index in [1.54, 1.807) is 13.1 Å². The molecular formula is C16H14F3NO. The molecule has 0 amide bonds. The number of nitrogens with one attached hydrogen (secondary N) is 1. The van der Waals surface area contributed by atoms with Crippen LogP contribution >= 0.6 is 0 Å². The molecular weight excluding hydrogens is 279 g/mol. The second kappa shape index (κ2) is 5.41. The van der Waals surface area contributed by atoms with Crippen LogP contribution in [0, 0.1) is 17.5 Å².